The van der Waals surface area contributed by atoms with Gasteiger partial charge in [0.25, 0.3) is 0 Å². The maximum absolute atomic E-state index is 11.4. The Balaban J connectivity index is 1.95. The van der Waals surface area contributed by atoms with Crippen LogP contribution in [0.25, 0.3) is 0 Å². The van der Waals surface area contributed by atoms with E-state index in [1.54, 1.807) is 0 Å². The van der Waals surface area contributed by atoms with E-state index in [2.05, 4.69) is 24.5 Å². The Morgan fingerprint density at radius 1 is 1.40 bits per heavy atom. The molecule has 1 aliphatic heterocycles. The van der Waals surface area contributed by atoms with Gasteiger partial charge in [0.2, 0.25) is 5.91 Å². The van der Waals surface area contributed by atoms with Crippen molar-refractivity contribution >= 4 is 17.3 Å². The van der Waals surface area contributed by atoms with Crippen LogP contribution in [0.1, 0.15) is 38.7 Å². The molecule has 1 amide bonds. The summed E-state index contributed by atoms with van der Waals surface area (Å²) >= 11 is 0. The lowest BCUT2D eigenvalue weighted by Gasteiger charge is -2.16. The first-order chi connectivity index (χ1) is 9.58. The molecule has 0 radical (unpaired) electrons. The summed E-state index contributed by atoms with van der Waals surface area (Å²) in [5.74, 6) is 0.0350. The van der Waals surface area contributed by atoms with E-state index in [-0.39, 0.29) is 5.91 Å². The molecule has 2 atom stereocenters. The van der Waals surface area contributed by atoms with Gasteiger partial charge < -0.3 is 15.4 Å². The molecule has 1 saturated heterocycles. The monoisotopic (exact) mass is 276 g/mol. The minimum absolute atomic E-state index is 0.0350. The summed E-state index contributed by atoms with van der Waals surface area (Å²) in [7, 11) is 0. The molecular formula is C16H24N2O2. The van der Waals surface area contributed by atoms with Crippen LogP contribution in [0.3, 0.4) is 0 Å². The predicted octanol–water partition coefficient (Wildman–Crippen LogP) is 3.32. The fraction of sp³-hybridized carbons (Fsp3) is 0.562. The zero-order valence-corrected chi connectivity index (χ0v) is 12.5. The molecule has 1 aliphatic rings. The Kier molecular flexibility index (Phi) is 5.01. The van der Waals surface area contributed by atoms with E-state index >= 15 is 0 Å². The number of carbonyl (C=O) groups excluding carboxylic acids is 1. The van der Waals surface area contributed by atoms with E-state index in [9.17, 15) is 4.79 Å². The van der Waals surface area contributed by atoms with E-state index in [1.165, 1.54) is 5.56 Å². The van der Waals surface area contributed by atoms with Gasteiger partial charge in [-0.15, -0.1) is 0 Å². The second kappa shape index (κ2) is 6.75. The second-order valence-corrected chi connectivity index (χ2v) is 5.46. The van der Waals surface area contributed by atoms with Crippen LogP contribution in [-0.2, 0) is 9.53 Å². The largest absolute Gasteiger partial charge is 0.382 e. The van der Waals surface area contributed by atoms with Gasteiger partial charge in [0.15, 0.2) is 0 Å². The molecule has 2 N–H and O–H groups in total. The van der Waals surface area contributed by atoms with Crippen LogP contribution in [0.5, 0.6) is 0 Å². The highest BCUT2D eigenvalue weighted by Crippen LogP contribution is 2.23. The Morgan fingerprint density at radius 3 is 2.85 bits per heavy atom. The van der Waals surface area contributed by atoms with Crippen molar-refractivity contribution in [3.63, 3.8) is 0 Å². The van der Waals surface area contributed by atoms with Crippen molar-refractivity contribution in [3.05, 3.63) is 23.8 Å². The van der Waals surface area contributed by atoms with Gasteiger partial charge in [-0.25, -0.2) is 0 Å². The van der Waals surface area contributed by atoms with Gasteiger partial charge >= 0.3 is 0 Å². The second-order valence-electron chi connectivity index (χ2n) is 5.46. The third-order valence-corrected chi connectivity index (χ3v) is 3.68. The molecule has 0 aromatic heterocycles. The average molecular weight is 276 g/mol. The summed E-state index contributed by atoms with van der Waals surface area (Å²) < 4.78 is 5.80. The van der Waals surface area contributed by atoms with Crippen LogP contribution < -0.4 is 10.6 Å². The molecule has 20 heavy (non-hydrogen) atoms. The number of ether oxygens (including phenoxy) is 1. The average Bonchev–Trinajstić information content (AvgIpc) is 2.85. The van der Waals surface area contributed by atoms with Crippen molar-refractivity contribution in [2.75, 3.05) is 17.2 Å². The molecular weight excluding hydrogens is 252 g/mol. The van der Waals surface area contributed by atoms with Crippen LogP contribution >= 0.6 is 0 Å². The maximum Gasteiger partial charge on any atom is 0.224 e. The van der Waals surface area contributed by atoms with Crippen LogP contribution in [0.4, 0.5) is 11.4 Å². The highest BCUT2D eigenvalue weighted by molar-refractivity contribution is 5.91. The quantitative estimate of drug-likeness (QED) is 0.867. The molecule has 2 rings (SSSR count). The summed E-state index contributed by atoms with van der Waals surface area (Å²) in [6.07, 6.45) is 3.40. The highest BCUT2D eigenvalue weighted by Gasteiger charge is 2.21. The van der Waals surface area contributed by atoms with Crippen LogP contribution in [0.2, 0.25) is 0 Å². The molecule has 0 spiro atoms. The van der Waals surface area contributed by atoms with E-state index in [1.807, 2.05) is 25.1 Å². The molecule has 4 nitrogen and oxygen atoms in total. The normalized spacial score (nSPS) is 21.8. The lowest BCUT2D eigenvalue weighted by atomic mass is 10.1. The first-order valence-electron chi connectivity index (χ1n) is 7.38. The fourth-order valence-corrected chi connectivity index (χ4v) is 2.40. The van der Waals surface area contributed by atoms with Gasteiger partial charge in [-0.2, -0.15) is 0 Å². The summed E-state index contributed by atoms with van der Waals surface area (Å²) in [4.78, 5) is 11.4. The van der Waals surface area contributed by atoms with Gasteiger partial charge in [0.05, 0.1) is 12.2 Å². The number of aryl methyl sites for hydroxylation is 1. The Labute approximate surface area is 120 Å². The van der Waals surface area contributed by atoms with Crippen molar-refractivity contribution in [2.24, 2.45) is 0 Å². The lowest BCUT2D eigenvalue weighted by Crippen LogP contribution is -2.20. The number of nitrogens with one attached hydrogen (secondary N) is 2. The number of hydrogen-bond donors (Lipinski definition) is 2. The Bertz CT molecular complexity index is 474. The van der Waals surface area contributed by atoms with Gasteiger partial charge in [-0.3, -0.25) is 4.79 Å². The van der Waals surface area contributed by atoms with Crippen LogP contribution in [-0.4, -0.2) is 24.7 Å². The van der Waals surface area contributed by atoms with Crippen molar-refractivity contribution in [1.29, 1.82) is 0 Å². The Morgan fingerprint density at radius 2 is 2.20 bits per heavy atom. The molecule has 110 valence electrons. The van der Waals surface area contributed by atoms with Crippen molar-refractivity contribution in [3.8, 4) is 0 Å². The van der Waals surface area contributed by atoms with Gasteiger partial charge in [0, 0.05) is 24.3 Å². The van der Waals surface area contributed by atoms with Crippen molar-refractivity contribution in [2.45, 2.75) is 52.2 Å². The van der Waals surface area contributed by atoms with Gasteiger partial charge in [-0.05, 0) is 44.4 Å². The molecule has 0 bridgehead atoms. The zero-order valence-electron chi connectivity index (χ0n) is 12.5. The molecule has 1 heterocycles. The number of carbonyl (C=O) groups is 1. The minimum Gasteiger partial charge on any atom is -0.382 e. The fourth-order valence-electron chi connectivity index (χ4n) is 2.40. The first kappa shape index (κ1) is 14.9. The topological polar surface area (TPSA) is 50.4 Å². The number of rotatable bonds is 5. The van der Waals surface area contributed by atoms with Crippen molar-refractivity contribution in [1.82, 2.24) is 0 Å². The van der Waals surface area contributed by atoms with E-state index in [0.29, 0.717) is 18.6 Å². The summed E-state index contributed by atoms with van der Waals surface area (Å²) in [6.45, 7) is 6.84. The standard InChI is InChI=1S/C16H24N2O2/c1-4-16(19)18-13-7-5-11(2)15(9-13)17-10-14-8-6-12(3)20-14/h5,7,9,12,14,17H,4,6,8,10H2,1-3H3,(H,18,19). The number of amides is 1. The van der Waals surface area contributed by atoms with Gasteiger partial charge in [0.1, 0.15) is 0 Å². The Hall–Kier alpha value is -1.55. The molecule has 4 heteroatoms. The zero-order chi connectivity index (χ0) is 14.5. The molecule has 0 saturated carbocycles. The van der Waals surface area contributed by atoms with Gasteiger partial charge in [-0.1, -0.05) is 13.0 Å². The highest BCUT2D eigenvalue weighted by atomic mass is 16.5. The minimum atomic E-state index is 0.0350. The van der Waals surface area contributed by atoms with Crippen LogP contribution in [0, 0.1) is 6.92 Å². The van der Waals surface area contributed by atoms with E-state index in [4.69, 9.17) is 4.74 Å². The molecule has 1 aromatic carbocycles. The van der Waals surface area contributed by atoms with Crippen LogP contribution in [0.15, 0.2) is 18.2 Å². The number of anilines is 2. The third kappa shape index (κ3) is 3.97. The number of hydrogen-bond acceptors (Lipinski definition) is 3. The molecule has 1 aromatic rings. The summed E-state index contributed by atoms with van der Waals surface area (Å²) in [5.41, 5.74) is 3.07. The maximum atomic E-state index is 11.4. The number of benzene rings is 1. The summed E-state index contributed by atoms with van der Waals surface area (Å²) in [6, 6.07) is 5.94. The molecule has 1 fully saturated rings. The van der Waals surface area contributed by atoms with Crippen molar-refractivity contribution < 1.29 is 9.53 Å². The molecule has 0 aliphatic carbocycles. The first-order valence-corrected chi connectivity index (χ1v) is 7.38. The van der Waals surface area contributed by atoms with E-state index < -0.39 is 0 Å². The molecule has 2 unspecified atom stereocenters. The lowest BCUT2D eigenvalue weighted by molar-refractivity contribution is -0.115. The SMILES string of the molecule is CCC(=O)Nc1ccc(C)c(NCC2CCC(C)O2)c1. The summed E-state index contributed by atoms with van der Waals surface area (Å²) in [5, 5.41) is 6.31. The van der Waals surface area contributed by atoms with E-state index in [0.717, 1.165) is 30.8 Å². The predicted molar refractivity (Wildman–Crippen MR) is 82.2 cm³/mol. The smallest absolute Gasteiger partial charge is 0.224 e. The third-order valence-electron chi connectivity index (χ3n) is 3.68.